The van der Waals surface area contributed by atoms with Crippen LogP contribution in [0.1, 0.15) is 58.8 Å². The molecular formula is C14H24N4OS. The van der Waals surface area contributed by atoms with Crippen molar-refractivity contribution in [3.63, 3.8) is 0 Å². The summed E-state index contributed by atoms with van der Waals surface area (Å²) in [5, 5.41) is 13.5. The molecule has 0 aliphatic carbocycles. The van der Waals surface area contributed by atoms with Crippen molar-refractivity contribution in [3.8, 4) is 5.75 Å². The van der Waals surface area contributed by atoms with Gasteiger partial charge in [0.05, 0.1) is 17.9 Å². The SMILES string of the molecule is CC(C)(C)c1nc(CNC(N)=S)nc(C(C)(C)C)c1O. The summed E-state index contributed by atoms with van der Waals surface area (Å²) in [6.45, 7) is 12.4. The first-order valence-corrected chi connectivity index (χ1v) is 6.98. The van der Waals surface area contributed by atoms with Gasteiger partial charge in [0.2, 0.25) is 0 Å². The lowest BCUT2D eigenvalue weighted by Crippen LogP contribution is -2.30. The summed E-state index contributed by atoms with van der Waals surface area (Å²) in [5.41, 5.74) is 6.16. The van der Waals surface area contributed by atoms with Crippen molar-refractivity contribution in [1.29, 1.82) is 0 Å². The molecule has 0 saturated heterocycles. The topological polar surface area (TPSA) is 84.1 Å². The fourth-order valence-corrected chi connectivity index (χ4v) is 1.86. The summed E-state index contributed by atoms with van der Waals surface area (Å²) in [4.78, 5) is 8.90. The van der Waals surface area contributed by atoms with E-state index in [4.69, 9.17) is 18.0 Å². The van der Waals surface area contributed by atoms with E-state index in [0.29, 0.717) is 23.8 Å². The normalized spacial score (nSPS) is 12.3. The molecule has 0 aliphatic rings. The van der Waals surface area contributed by atoms with Crippen LogP contribution in [0.15, 0.2) is 0 Å². The van der Waals surface area contributed by atoms with Gasteiger partial charge < -0.3 is 16.2 Å². The van der Waals surface area contributed by atoms with E-state index < -0.39 is 0 Å². The van der Waals surface area contributed by atoms with Crippen LogP contribution in [-0.4, -0.2) is 20.2 Å². The first kappa shape index (κ1) is 16.6. The molecule has 112 valence electrons. The Morgan fingerprint density at radius 3 is 1.80 bits per heavy atom. The number of nitrogens with one attached hydrogen (secondary N) is 1. The number of hydrogen-bond donors (Lipinski definition) is 3. The molecule has 0 fully saturated rings. The van der Waals surface area contributed by atoms with E-state index in [0.717, 1.165) is 0 Å². The second-order valence-corrected chi connectivity index (χ2v) is 7.34. The zero-order valence-electron chi connectivity index (χ0n) is 13.0. The molecular weight excluding hydrogens is 272 g/mol. The van der Waals surface area contributed by atoms with E-state index in [1.807, 2.05) is 41.5 Å². The van der Waals surface area contributed by atoms with E-state index in [1.54, 1.807) is 0 Å². The van der Waals surface area contributed by atoms with Crippen molar-refractivity contribution in [2.75, 3.05) is 0 Å². The minimum atomic E-state index is -0.273. The molecule has 0 radical (unpaired) electrons. The van der Waals surface area contributed by atoms with Gasteiger partial charge in [-0.15, -0.1) is 0 Å². The molecule has 5 nitrogen and oxygen atoms in total. The Labute approximate surface area is 126 Å². The number of thiocarbonyl (C=S) groups is 1. The molecule has 0 atom stereocenters. The van der Waals surface area contributed by atoms with Crippen LogP contribution in [-0.2, 0) is 17.4 Å². The average Bonchev–Trinajstić information content (AvgIpc) is 2.24. The van der Waals surface area contributed by atoms with E-state index in [2.05, 4.69) is 15.3 Å². The summed E-state index contributed by atoms with van der Waals surface area (Å²) in [5.74, 6) is 0.745. The van der Waals surface area contributed by atoms with Crippen LogP contribution in [0, 0.1) is 0 Å². The Kier molecular flexibility index (Phi) is 4.59. The monoisotopic (exact) mass is 296 g/mol. The van der Waals surface area contributed by atoms with Gasteiger partial charge in [-0.1, -0.05) is 41.5 Å². The summed E-state index contributed by atoms with van der Waals surface area (Å²) < 4.78 is 0. The average molecular weight is 296 g/mol. The van der Waals surface area contributed by atoms with Gasteiger partial charge in [0.25, 0.3) is 0 Å². The maximum absolute atomic E-state index is 10.5. The molecule has 0 spiro atoms. The highest BCUT2D eigenvalue weighted by atomic mass is 32.1. The number of nitrogens with two attached hydrogens (primary N) is 1. The Balaban J connectivity index is 3.38. The third kappa shape index (κ3) is 4.03. The summed E-state index contributed by atoms with van der Waals surface area (Å²) in [7, 11) is 0. The molecule has 1 heterocycles. The van der Waals surface area contributed by atoms with Crippen molar-refractivity contribution in [1.82, 2.24) is 15.3 Å². The zero-order valence-corrected chi connectivity index (χ0v) is 13.9. The fraction of sp³-hybridized carbons (Fsp3) is 0.643. The molecule has 0 saturated carbocycles. The van der Waals surface area contributed by atoms with Gasteiger partial charge in [0, 0.05) is 10.8 Å². The van der Waals surface area contributed by atoms with Crippen LogP contribution in [0.2, 0.25) is 0 Å². The minimum Gasteiger partial charge on any atom is -0.504 e. The predicted molar refractivity (Wildman–Crippen MR) is 84.7 cm³/mol. The minimum absolute atomic E-state index is 0.170. The maximum atomic E-state index is 10.5. The summed E-state index contributed by atoms with van der Waals surface area (Å²) in [6, 6.07) is 0. The predicted octanol–water partition coefficient (Wildman–Crippen LogP) is 2.11. The van der Waals surface area contributed by atoms with E-state index in [-0.39, 0.29) is 21.7 Å². The Morgan fingerprint density at radius 2 is 1.50 bits per heavy atom. The molecule has 6 heteroatoms. The van der Waals surface area contributed by atoms with Gasteiger partial charge in [-0.25, -0.2) is 9.97 Å². The fourth-order valence-electron chi connectivity index (χ4n) is 1.79. The van der Waals surface area contributed by atoms with Crippen LogP contribution in [0.5, 0.6) is 5.75 Å². The maximum Gasteiger partial charge on any atom is 0.164 e. The van der Waals surface area contributed by atoms with Crippen molar-refractivity contribution >= 4 is 17.3 Å². The smallest absolute Gasteiger partial charge is 0.164 e. The number of hydrogen-bond acceptors (Lipinski definition) is 4. The molecule has 0 aliphatic heterocycles. The molecule has 4 N–H and O–H groups in total. The van der Waals surface area contributed by atoms with Crippen molar-refractivity contribution in [2.24, 2.45) is 5.73 Å². The highest BCUT2D eigenvalue weighted by molar-refractivity contribution is 7.80. The first-order chi connectivity index (χ1) is 8.93. The van der Waals surface area contributed by atoms with Gasteiger partial charge >= 0.3 is 0 Å². The largest absolute Gasteiger partial charge is 0.504 e. The van der Waals surface area contributed by atoms with Crippen molar-refractivity contribution in [2.45, 2.75) is 58.9 Å². The van der Waals surface area contributed by atoms with E-state index >= 15 is 0 Å². The molecule has 1 rings (SSSR count). The number of aromatic hydroxyl groups is 1. The van der Waals surface area contributed by atoms with Gasteiger partial charge in [-0.3, -0.25) is 0 Å². The lowest BCUT2D eigenvalue weighted by molar-refractivity contribution is 0.403. The van der Waals surface area contributed by atoms with Gasteiger partial charge in [0.15, 0.2) is 10.9 Å². The highest BCUT2D eigenvalue weighted by Gasteiger charge is 2.29. The second-order valence-electron chi connectivity index (χ2n) is 6.90. The van der Waals surface area contributed by atoms with Crippen LogP contribution >= 0.6 is 12.2 Å². The van der Waals surface area contributed by atoms with Gasteiger partial charge in [-0.05, 0) is 12.2 Å². The molecule has 0 amide bonds. The lowest BCUT2D eigenvalue weighted by Gasteiger charge is -2.26. The molecule has 0 unspecified atom stereocenters. The van der Waals surface area contributed by atoms with Gasteiger partial charge in [0.1, 0.15) is 5.82 Å². The molecule has 1 aromatic heterocycles. The Hall–Kier alpha value is -1.43. The summed E-state index contributed by atoms with van der Waals surface area (Å²) in [6.07, 6.45) is 0. The first-order valence-electron chi connectivity index (χ1n) is 6.57. The third-order valence-corrected chi connectivity index (χ3v) is 2.92. The molecule has 0 aromatic carbocycles. The van der Waals surface area contributed by atoms with Crippen molar-refractivity contribution in [3.05, 3.63) is 17.2 Å². The van der Waals surface area contributed by atoms with Crippen LogP contribution in [0.4, 0.5) is 0 Å². The zero-order chi connectivity index (χ0) is 15.7. The quantitative estimate of drug-likeness (QED) is 0.725. The van der Waals surface area contributed by atoms with Crippen LogP contribution in [0.3, 0.4) is 0 Å². The van der Waals surface area contributed by atoms with Crippen LogP contribution < -0.4 is 11.1 Å². The number of aromatic nitrogens is 2. The summed E-state index contributed by atoms with van der Waals surface area (Å²) >= 11 is 4.79. The molecule has 20 heavy (non-hydrogen) atoms. The second kappa shape index (κ2) is 5.52. The lowest BCUT2D eigenvalue weighted by atomic mass is 9.85. The third-order valence-electron chi connectivity index (χ3n) is 2.77. The standard InChI is InChI=1S/C14H24N4OS/c1-13(2,3)10-9(19)11(14(4,5)6)18-8(17-10)7-16-12(15)20/h19H,7H2,1-6H3,(H3,15,16,20). The van der Waals surface area contributed by atoms with Gasteiger partial charge in [-0.2, -0.15) is 0 Å². The van der Waals surface area contributed by atoms with E-state index in [1.165, 1.54) is 0 Å². The Bertz CT molecular complexity index is 480. The Morgan fingerprint density at radius 1 is 1.10 bits per heavy atom. The number of nitrogens with zero attached hydrogens (tertiary/aromatic N) is 2. The number of rotatable bonds is 2. The molecule has 1 aromatic rings. The molecule has 0 bridgehead atoms. The highest BCUT2D eigenvalue weighted by Crippen LogP contribution is 2.36. The van der Waals surface area contributed by atoms with E-state index in [9.17, 15) is 5.11 Å². The van der Waals surface area contributed by atoms with Crippen LogP contribution in [0.25, 0.3) is 0 Å². The van der Waals surface area contributed by atoms with Crippen molar-refractivity contribution < 1.29 is 5.11 Å².